The molecule has 0 saturated carbocycles. The Labute approximate surface area is 110 Å². The van der Waals surface area contributed by atoms with Crippen molar-refractivity contribution in [1.82, 2.24) is 20.3 Å². The highest BCUT2D eigenvalue weighted by Crippen LogP contribution is 2.15. The number of nitrogens with zero attached hydrogens (tertiary/aromatic N) is 3. The van der Waals surface area contributed by atoms with E-state index in [2.05, 4.69) is 32.5 Å². The van der Waals surface area contributed by atoms with Gasteiger partial charge in [0.1, 0.15) is 0 Å². The quantitative estimate of drug-likeness (QED) is 0.777. The first-order chi connectivity index (χ1) is 9.31. The lowest BCUT2D eigenvalue weighted by Crippen LogP contribution is -1.93. The second kappa shape index (κ2) is 5.06. The molecule has 3 aromatic rings. The van der Waals surface area contributed by atoms with Gasteiger partial charge in [0.05, 0.1) is 0 Å². The molecular formula is C14H14N4O. The van der Waals surface area contributed by atoms with Gasteiger partial charge in [-0.2, -0.15) is 10.1 Å². The van der Waals surface area contributed by atoms with Gasteiger partial charge >= 0.3 is 0 Å². The largest absolute Gasteiger partial charge is 0.332 e. The molecule has 0 aliphatic heterocycles. The second-order valence-electron chi connectivity index (χ2n) is 4.44. The van der Waals surface area contributed by atoms with Gasteiger partial charge in [0.2, 0.25) is 0 Å². The van der Waals surface area contributed by atoms with E-state index in [0.29, 0.717) is 17.4 Å². The topological polar surface area (TPSA) is 67.6 Å². The average Bonchev–Trinajstić information content (AvgIpc) is 3.06. The minimum absolute atomic E-state index is 0.465. The summed E-state index contributed by atoms with van der Waals surface area (Å²) in [6, 6.07) is 12.1. The maximum absolute atomic E-state index is 5.21. The lowest BCUT2D eigenvalue weighted by molar-refractivity contribution is 0.421. The molecule has 0 amide bonds. The molecule has 2 heterocycles. The Balaban J connectivity index is 1.68. The Kier molecular flexibility index (Phi) is 3.10. The molecule has 0 unspecified atom stereocenters. The Morgan fingerprint density at radius 1 is 1.16 bits per heavy atom. The van der Waals surface area contributed by atoms with Crippen LogP contribution in [-0.4, -0.2) is 20.3 Å². The summed E-state index contributed by atoms with van der Waals surface area (Å²) in [5.41, 5.74) is 2.93. The third-order valence-corrected chi connectivity index (χ3v) is 2.87. The van der Waals surface area contributed by atoms with E-state index in [-0.39, 0.29) is 0 Å². The highest BCUT2D eigenvalue weighted by atomic mass is 16.5. The monoisotopic (exact) mass is 254 g/mol. The fraction of sp³-hybridized carbons (Fsp3) is 0.214. The SMILES string of the molecule is Cc1cc(-c2nc(CCc3ccccc3)no2)n[nH]1. The van der Waals surface area contributed by atoms with Crippen LogP contribution in [-0.2, 0) is 12.8 Å². The van der Waals surface area contributed by atoms with E-state index in [1.54, 1.807) is 0 Å². The predicted octanol–water partition coefficient (Wildman–Crippen LogP) is 2.55. The van der Waals surface area contributed by atoms with E-state index in [0.717, 1.165) is 18.5 Å². The van der Waals surface area contributed by atoms with Gasteiger partial charge in [-0.3, -0.25) is 5.10 Å². The lowest BCUT2D eigenvalue weighted by Gasteiger charge is -1.96. The molecule has 0 saturated heterocycles. The number of H-pyrrole nitrogens is 1. The fourth-order valence-electron chi connectivity index (χ4n) is 1.89. The van der Waals surface area contributed by atoms with Crippen LogP contribution in [0.4, 0.5) is 0 Å². The summed E-state index contributed by atoms with van der Waals surface area (Å²) in [5.74, 6) is 1.17. The summed E-state index contributed by atoms with van der Waals surface area (Å²) >= 11 is 0. The molecule has 1 N–H and O–H groups in total. The number of nitrogens with one attached hydrogen (secondary N) is 1. The maximum Gasteiger partial charge on any atom is 0.278 e. The first kappa shape index (κ1) is 11.6. The molecule has 0 spiro atoms. The minimum atomic E-state index is 0.465. The number of aromatic amines is 1. The molecule has 0 radical (unpaired) electrons. The van der Waals surface area contributed by atoms with Crippen molar-refractivity contribution >= 4 is 0 Å². The molecule has 3 rings (SSSR count). The lowest BCUT2D eigenvalue weighted by atomic mass is 10.1. The zero-order chi connectivity index (χ0) is 13.1. The van der Waals surface area contributed by atoms with Crippen molar-refractivity contribution in [2.24, 2.45) is 0 Å². The maximum atomic E-state index is 5.21. The summed E-state index contributed by atoms with van der Waals surface area (Å²) in [5, 5.41) is 10.9. The van der Waals surface area contributed by atoms with Gasteiger partial charge in [-0.25, -0.2) is 0 Å². The molecule has 0 bridgehead atoms. The van der Waals surface area contributed by atoms with Crippen LogP contribution < -0.4 is 0 Å². The van der Waals surface area contributed by atoms with Crippen molar-refractivity contribution in [3.8, 4) is 11.6 Å². The van der Waals surface area contributed by atoms with Crippen LogP contribution in [0.25, 0.3) is 11.6 Å². The van der Waals surface area contributed by atoms with Crippen molar-refractivity contribution < 1.29 is 4.52 Å². The van der Waals surface area contributed by atoms with Gasteiger partial charge in [-0.1, -0.05) is 35.5 Å². The Morgan fingerprint density at radius 2 is 2.00 bits per heavy atom. The summed E-state index contributed by atoms with van der Waals surface area (Å²) in [6.45, 7) is 1.93. The van der Waals surface area contributed by atoms with Crippen molar-refractivity contribution in [3.05, 3.63) is 53.5 Å². The average molecular weight is 254 g/mol. The first-order valence-corrected chi connectivity index (χ1v) is 6.20. The highest BCUT2D eigenvalue weighted by molar-refractivity contribution is 5.46. The van der Waals surface area contributed by atoms with Gasteiger partial charge in [0, 0.05) is 12.1 Å². The first-order valence-electron chi connectivity index (χ1n) is 6.20. The Hall–Kier alpha value is -2.43. The van der Waals surface area contributed by atoms with Crippen LogP contribution >= 0.6 is 0 Å². The van der Waals surface area contributed by atoms with Gasteiger partial charge < -0.3 is 4.52 Å². The van der Waals surface area contributed by atoms with Crippen LogP contribution in [0.3, 0.4) is 0 Å². The Bertz CT molecular complexity index is 657. The number of hydrogen-bond donors (Lipinski definition) is 1. The zero-order valence-electron chi connectivity index (χ0n) is 10.6. The van der Waals surface area contributed by atoms with Gasteiger partial charge in [0.15, 0.2) is 11.5 Å². The smallest absolute Gasteiger partial charge is 0.278 e. The van der Waals surface area contributed by atoms with E-state index in [1.165, 1.54) is 5.56 Å². The van der Waals surface area contributed by atoms with E-state index < -0.39 is 0 Å². The zero-order valence-corrected chi connectivity index (χ0v) is 10.6. The molecular weight excluding hydrogens is 240 g/mol. The van der Waals surface area contributed by atoms with Crippen LogP contribution in [0, 0.1) is 6.92 Å². The standard InChI is InChI=1S/C14H14N4O/c1-10-9-12(17-16-10)14-15-13(18-19-14)8-7-11-5-3-2-4-6-11/h2-6,9H,7-8H2,1H3,(H,16,17). The number of rotatable bonds is 4. The molecule has 0 aliphatic rings. The molecule has 0 atom stereocenters. The number of aromatic nitrogens is 4. The van der Waals surface area contributed by atoms with Gasteiger partial charge in [-0.15, -0.1) is 0 Å². The molecule has 1 aromatic carbocycles. The van der Waals surface area contributed by atoms with E-state index in [1.807, 2.05) is 31.2 Å². The molecule has 96 valence electrons. The normalized spacial score (nSPS) is 10.8. The van der Waals surface area contributed by atoms with Crippen molar-refractivity contribution in [2.75, 3.05) is 0 Å². The molecule has 0 aliphatic carbocycles. The number of benzene rings is 1. The second-order valence-corrected chi connectivity index (χ2v) is 4.44. The summed E-state index contributed by atoms with van der Waals surface area (Å²) in [6.07, 6.45) is 1.66. The van der Waals surface area contributed by atoms with Crippen molar-refractivity contribution in [1.29, 1.82) is 0 Å². The molecule has 0 fully saturated rings. The summed E-state index contributed by atoms with van der Waals surface area (Å²) in [4.78, 5) is 4.35. The summed E-state index contributed by atoms with van der Waals surface area (Å²) < 4.78 is 5.21. The van der Waals surface area contributed by atoms with Crippen molar-refractivity contribution in [2.45, 2.75) is 19.8 Å². The predicted molar refractivity (Wildman–Crippen MR) is 70.5 cm³/mol. The summed E-state index contributed by atoms with van der Waals surface area (Å²) in [7, 11) is 0. The van der Waals surface area contributed by atoms with Crippen LogP contribution in [0.5, 0.6) is 0 Å². The van der Waals surface area contributed by atoms with E-state index in [4.69, 9.17) is 4.52 Å². The van der Waals surface area contributed by atoms with Gasteiger partial charge in [-0.05, 0) is 25.0 Å². The molecule has 5 nitrogen and oxygen atoms in total. The fourth-order valence-corrected chi connectivity index (χ4v) is 1.89. The van der Waals surface area contributed by atoms with Crippen molar-refractivity contribution in [3.63, 3.8) is 0 Å². The van der Waals surface area contributed by atoms with E-state index >= 15 is 0 Å². The molecule has 2 aromatic heterocycles. The Morgan fingerprint density at radius 3 is 2.74 bits per heavy atom. The molecule has 19 heavy (non-hydrogen) atoms. The number of hydrogen-bond acceptors (Lipinski definition) is 4. The minimum Gasteiger partial charge on any atom is -0.332 e. The van der Waals surface area contributed by atoms with Crippen LogP contribution in [0.1, 0.15) is 17.1 Å². The number of aryl methyl sites for hydroxylation is 3. The van der Waals surface area contributed by atoms with E-state index in [9.17, 15) is 0 Å². The van der Waals surface area contributed by atoms with Crippen LogP contribution in [0.15, 0.2) is 40.9 Å². The highest BCUT2D eigenvalue weighted by Gasteiger charge is 2.11. The third kappa shape index (κ3) is 2.70. The van der Waals surface area contributed by atoms with Gasteiger partial charge in [0.25, 0.3) is 5.89 Å². The van der Waals surface area contributed by atoms with Crippen LogP contribution in [0.2, 0.25) is 0 Å². The molecule has 5 heteroatoms. The third-order valence-electron chi connectivity index (χ3n) is 2.87.